The van der Waals surface area contributed by atoms with Gasteiger partial charge in [-0.2, -0.15) is 8.78 Å². The zero-order valence-electron chi connectivity index (χ0n) is 18.4. The third-order valence-corrected chi connectivity index (χ3v) is 6.65. The van der Waals surface area contributed by atoms with Crippen LogP contribution >= 0.6 is 0 Å². The van der Waals surface area contributed by atoms with Gasteiger partial charge in [-0.3, -0.25) is 4.79 Å². The van der Waals surface area contributed by atoms with Crippen molar-refractivity contribution in [3.05, 3.63) is 59.7 Å². The summed E-state index contributed by atoms with van der Waals surface area (Å²) in [5.41, 5.74) is 4.45. The van der Waals surface area contributed by atoms with Gasteiger partial charge in [0, 0.05) is 18.4 Å². The van der Waals surface area contributed by atoms with E-state index in [-0.39, 0.29) is 25.0 Å². The van der Waals surface area contributed by atoms with Crippen LogP contribution in [0.2, 0.25) is 0 Å². The van der Waals surface area contributed by atoms with Crippen LogP contribution in [0.3, 0.4) is 0 Å². The third-order valence-electron chi connectivity index (χ3n) is 6.65. The van der Waals surface area contributed by atoms with Crippen LogP contribution in [0.1, 0.15) is 36.3 Å². The Bertz CT molecular complexity index is 1040. The minimum atomic E-state index is -4.02. The van der Waals surface area contributed by atoms with Crippen molar-refractivity contribution < 1.29 is 33.0 Å². The van der Waals surface area contributed by atoms with Crippen LogP contribution in [0.5, 0.6) is 0 Å². The zero-order valence-corrected chi connectivity index (χ0v) is 18.4. The Morgan fingerprint density at radius 3 is 2.21 bits per heavy atom. The number of alkyl halides is 2. The van der Waals surface area contributed by atoms with Crippen molar-refractivity contribution in [3.63, 3.8) is 0 Å². The van der Waals surface area contributed by atoms with Gasteiger partial charge in [0.15, 0.2) is 0 Å². The van der Waals surface area contributed by atoms with Crippen LogP contribution in [0, 0.1) is 11.8 Å². The molecule has 180 valence electrons. The number of carbonyl (C=O) groups excluding carboxylic acids is 2. The summed E-state index contributed by atoms with van der Waals surface area (Å²) in [6.07, 6.45) is 1.24. The van der Waals surface area contributed by atoms with Crippen LogP contribution in [0.15, 0.2) is 48.5 Å². The number of fused-ring (bicyclic) bond motifs is 3. The largest absolute Gasteiger partial charge is 0.477 e. The molecule has 1 fully saturated rings. The lowest BCUT2D eigenvalue weighted by Gasteiger charge is -2.21. The Kier molecular flexibility index (Phi) is 6.81. The highest BCUT2D eigenvalue weighted by molar-refractivity contribution is 5.82. The molecule has 2 aromatic carbocycles. The molecule has 2 atom stereocenters. The fourth-order valence-electron chi connectivity index (χ4n) is 4.90. The summed E-state index contributed by atoms with van der Waals surface area (Å²) in [6, 6.07) is 16.0. The Morgan fingerprint density at radius 1 is 0.971 bits per heavy atom. The molecule has 1 saturated carbocycles. The number of carboxylic acids is 1. The van der Waals surface area contributed by atoms with Crippen molar-refractivity contribution in [2.45, 2.75) is 31.1 Å². The maximum atomic E-state index is 13.3. The number of halogens is 2. The van der Waals surface area contributed by atoms with Gasteiger partial charge < -0.3 is 20.5 Å². The van der Waals surface area contributed by atoms with Gasteiger partial charge in [-0.15, -0.1) is 0 Å². The summed E-state index contributed by atoms with van der Waals surface area (Å²) in [6.45, 7) is -0.924. The van der Waals surface area contributed by atoms with Gasteiger partial charge in [0.25, 0.3) is 0 Å². The number of hydrogen-bond donors (Lipinski definition) is 3. The Morgan fingerprint density at radius 2 is 1.59 bits per heavy atom. The van der Waals surface area contributed by atoms with Crippen LogP contribution < -0.4 is 10.6 Å². The monoisotopic (exact) mass is 472 g/mol. The molecule has 2 amide bonds. The molecule has 9 heteroatoms. The highest BCUT2D eigenvalue weighted by atomic mass is 19.3. The molecule has 0 radical (unpaired) electrons. The van der Waals surface area contributed by atoms with E-state index in [1.54, 1.807) is 0 Å². The molecule has 3 N–H and O–H groups in total. The standard InChI is InChI=1S/C25H26F2N2O5/c26-25(27,23(31)32)14-29-22(30)16-11-5-6-15(16)12-28-24(33)34-13-21-19-9-3-1-7-17(19)18-8-2-4-10-20(18)21/h1-4,7-10,15-16,21H,5-6,11-14H2,(H,28,33)(H,29,30)(H,31,32). The number of carboxylic acid groups (broad SMARTS) is 1. The minimum absolute atomic E-state index is 0.0703. The van der Waals surface area contributed by atoms with E-state index in [1.165, 1.54) is 0 Å². The highest BCUT2D eigenvalue weighted by Gasteiger charge is 2.41. The van der Waals surface area contributed by atoms with E-state index in [2.05, 4.69) is 5.32 Å². The lowest BCUT2D eigenvalue weighted by molar-refractivity contribution is -0.164. The predicted molar refractivity (Wildman–Crippen MR) is 119 cm³/mol. The van der Waals surface area contributed by atoms with Gasteiger partial charge in [0.05, 0.1) is 6.54 Å². The van der Waals surface area contributed by atoms with Crippen molar-refractivity contribution in [2.75, 3.05) is 19.7 Å². The molecule has 2 aromatic rings. The molecule has 2 aliphatic carbocycles. The molecule has 34 heavy (non-hydrogen) atoms. The first-order valence-corrected chi connectivity index (χ1v) is 11.3. The molecule has 0 bridgehead atoms. The minimum Gasteiger partial charge on any atom is -0.477 e. The topological polar surface area (TPSA) is 105 Å². The summed E-state index contributed by atoms with van der Waals surface area (Å²) >= 11 is 0. The van der Waals surface area contributed by atoms with Crippen molar-refractivity contribution in [3.8, 4) is 11.1 Å². The first kappa shape index (κ1) is 23.7. The number of benzene rings is 2. The molecule has 7 nitrogen and oxygen atoms in total. The summed E-state index contributed by atoms with van der Waals surface area (Å²) < 4.78 is 32.0. The van der Waals surface area contributed by atoms with Crippen molar-refractivity contribution in [2.24, 2.45) is 11.8 Å². The van der Waals surface area contributed by atoms with Crippen molar-refractivity contribution in [1.82, 2.24) is 10.6 Å². The summed E-state index contributed by atoms with van der Waals surface area (Å²) in [5, 5.41) is 13.2. The Balaban J connectivity index is 1.29. The first-order chi connectivity index (χ1) is 16.3. The lowest BCUT2D eigenvalue weighted by Crippen LogP contribution is -2.45. The van der Waals surface area contributed by atoms with Crippen molar-refractivity contribution >= 4 is 18.0 Å². The van der Waals surface area contributed by atoms with Gasteiger partial charge in [0.2, 0.25) is 5.91 Å². The molecule has 0 aromatic heterocycles. The Hall–Kier alpha value is -3.49. The second-order valence-corrected chi connectivity index (χ2v) is 8.73. The number of alkyl carbamates (subject to hydrolysis) is 1. The van der Waals surface area contributed by atoms with E-state index >= 15 is 0 Å². The van der Waals surface area contributed by atoms with Crippen LogP contribution in [-0.4, -0.2) is 48.7 Å². The molecular weight excluding hydrogens is 446 g/mol. The van der Waals surface area contributed by atoms with Crippen molar-refractivity contribution in [1.29, 1.82) is 0 Å². The average molecular weight is 472 g/mol. The molecular formula is C25H26F2N2O5. The number of rotatable bonds is 8. The molecule has 0 saturated heterocycles. The molecule has 4 rings (SSSR count). The van der Waals surface area contributed by atoms with Crippen LogP contribution in [-0.2, 0) is 14.3 Å². The second kappa shape index (κ2) is 9.79. The average Bonchev–Trinajstić information content (AvgIpc) is 3.42. The molecule has 0 aliphatic heterocycles. The van der Waals surface area contributed by atoms with Gasteiger partial charge in [-0.25, -0.2) is 9.59 Å². The first-order valence-electron chi connectivity index (χ1n) is 11.3. The van der Waals surface area contributed by atoms with E-state index in [0.717, 1.165) is 22.3 Å². The molecule has 2 unspecified atom stereocenters. The number of nitrogens with one attached hydrogen (secondary N) is 2. The van der Waals surface area contributed by atoms with E-state index in [0.29, 0.717) is 19.3 Å². The van der Waals surface area contributed by atoms with E-state index < -0.39 is 36.4 Å². The highest BCUT2D eigenvalue weighted by Crippen LogP contribution is 2.44. The Labute approximate surface area is 195 Å². The summed E-state index contributed by atoms with van der Waals surface area (Å²) in [7, 11) is 0. The van der Waals surface area contributed by atoms with E-state index in [1.807, 2.05) is 53.8 Å². The smallest absolute Gasteiger partial charge is 0.407 e. The van der Waals surface area contributed by atoms with E-state index in [9.17, 15) is 23.2 Å². The van der Waals surface area contributed by atoms with Gasteiger partial charge >= 0.3 is 18.0 Å². The fraction of sp³-hybridized carbons (Fsp3) is 0.400. The number of carbonyl (C=O) groups is 3. The third kappa shape index (κ3) is 4.88. The normalized spacial score (nSPS) is 19.2. The number of ether oxygens (including phenoxy) is 1. The summed E-state index contributed by atoms with van der Waals surface area (Å²) in [4.78, 5) is 35.2. The number of amides is 2. The SMILES string of the molecule is O=C(NCC1CCCC1C(=O)NCC(F)(F)C(=O)O)OCC1c2ccccc2-c2ccccc21. The predicted octanol–water partition coefficient (Wildman–Crippen LogP) is 3.78. The maximum Gasteiger partial charge on any atom is 0.407 e. The quantitative estimate of drug-likeness (QED) is 0.543. The van der Waals surface area contributed by atoms with Crippen LogP contribution in [0.4, 0.5) is 13.6 Å². The van der Waals surface area contributed by atoms with Gasteiger partial charge in [0.1, 0.15) is 6.61 Å². The number of hydrogen-bond acceptors (Lipinski definition) is 4. The maximum absolute atomic E-state index is 13.3. The molecule has 2 aliphatic rings. The van der Waals surface area contributed by atoms with Gasteiger partial charge in [-0.05, 0) is 41.0 Å². The zero-order chi connectivity index (χ0) is 24.3. The van der Waals surface area contributed by atoms with Gasteiger partial charge in [-0.1, -0.05) is 55.0 Å². The summed E-state index contributed by atoms with van der Waals surface area (Å²) in [5.74, 6) is -7.81. The fourth-order valence-corrected chi connectivity index (χ4v) is 4.90. The lowest BCUT2D eigenvalue weighted by atomic mass is 9.95. The van der Waals surface area contributed by atoms with Crippen LogP contribution in [0.25, 0.3) is 11.1 Å². The second-order valence-electron chi connectivity index (χ2n) is 8.73. The van der Waals surface area contributed by atoms with E-state index in [4.69, 9.17) is 9.84 Å². The number of aliphatic carboxylic acids is 1. The molecule has 0 heterocycles. The molecule has 0 spiro atoms.